The van der Waals surface area contributed by atoms with Crippen LogP contribution in [0.15, 0.2) is 41.1 Å². The van der Waals surface area contributed by atoms with Crippen molar-refractivity contribution >= 4 is 39.7 Å². The van der Waals surface area contributed by atoms with Crippen LogP contribution in [0.25, 0.3) is 11.0 Å². The van der Waals surface area contributed by atoms with Crippen LogP contribution in [0, 0.1) is 6.92 Å². The average Bonchev–Trinajstić information content (AvgIpc) is 3.75. The molecule has 0 saturated heterocycles. The van der Waals surface area contributed by atoms with Gasteiger partial charge in [0.1, 0.15) is 11.6 Å². The van der Waals surface area contributed by atoms with Crippen LogP contribution in [0.2, 0.25) is 0 Å². The Hall–Kier alpha value is -2.59. The van der Waals surface area contributed by atoms with E-state index in [-0.39, 0.29) is 6.10 Å². The highest BCUT2D eigenvalue weighted by Crippen LogP contribution is 2.38. The van der Waals surface area contributed by atoms with E-state index in [4.69, 9.17) is 4.74 Å². The largest absolute Gasteiger partial charge is 0.460 e. The third kappa shape index (κ3) is 5.06. The fourth-order valence-corrected chi connectivity index (χ4v) is 8.12. The maximum Gasteiger partial charge on any atom is 0.349 e. The summed E-state index contributed by atoms with van der Waals surface area (Å²) in [6.45, 7) is 4.05. The van der Waals surface area contributed by atoms with Crippen molar-refractivity contribution in [2.24, 2.45) is 0 Å². The molecule has 3 aromatic heterocycles. The summed E-state index contributed by atoms with van der Waals surface area (Å²) in [7, 11) is 2.20. The zero-order valence-electron chi connectivity index (χ0n) is 22.6. The van der Waals surface area contributed by atoms with Gasteiger partial charge in [-0.15, -0.1) is 27.8 Å². The molecule has 1 aromatic carbocycles. The van der Waals surface area contributed by atoms with Crippen LogP contribution < -0.4 is 0 Å². The number of fused-ring (bicyclic) bond motifs is 3. The van der Waals surface area contributed by atoms with Crippen LogP contribution in [0.1, 0.15) is 65.0 Å². The number of aryl methyl sites for hydroxylation is 3. The predicted octanol–water partition coefficient (Wildman–Crippen LogP) is 5.46. The molecular weight excluding hydrogens is 528 g/mol. The highest BCUT2D eigenvalue weighted by Gasteiger charge is 2.45. The molecule has 9 heteroatoms. The number of ether oxygens (including phenoxy) is 1. The molecule has 1 saturated carbocycles. The number of nitrogens with zero attached hydrogens (tertiary/aromatic N) is 4. The molecule has 0 bridgehead atoms. The number of hydrogen-bond acceptors (Lipinski definition) is 8. The third-order valence-corrected chi connectivity index (χ3v) is 10.5. The Bertz CT molecular complexity index is 1390. The second-order valence-corrected chi connectivity index (χ2v) is 12.9. The maximum atomic E-state index is 13.3. The maximum absolute atomic E-state index is 13.3. The van der Waals surface area contributed by atoms with Crippen LogP contribution >= 0.6 is 22.7 Å². The van der Waals surface area contributed by atoms with Crippen LogP contribution in [-0.2, 0) is 34.5 Å². The van der Waals surface area contributed by atoms with Gasteiger partial charge >= 0.3 is 5.97 Å². The molecule has 0 atom stereocenters. The van der Waals surface area contributed by atoms with E-state index in [2.05, 4.69) is 39.9 Å². The van der Waals surface area contributed by atoms with E-state index in [1.165, 1.54) is 57.7 Å². The molecular formula is C30H36N4O3S2. The van der Waals surface area contributed by atoms with Gasteiger partial charge in [0.2, 0.25) is 5.60 Å². The lowest BCUT2D eigenvalue weighted by molar-refractivity contribution is -0.169. The number of rotatable bonds is 9. The van der Waals surface area contributed by atoms with Gasteiger partial charge in [0, 0.05) is 12.6 Å². The lowest BCUT2D eigenvalue weighted by Gasteiger charge is -2.35. The van der Waals surface area contributed by atoms with Crippen molar-refractivity contribution < 1.29 is 14.6 Å². The summed E-state index contributed by atoms with van der Waals surface area (Å²) < 4.78 is 8.05. The summed E-state index contributed by atoms with van der Waals surface area (Å²) in [6.07, 6.45) is 7.95. The summed E-state index contributed by atoms with van der Waals surface area (Å²) in [5, 5.41) is 24.2. The Balaban J connectivity index is 1.02. The standard InChI is InChI=1S/C30H36N4O3S2/c1-20-19-25-28(24-8-3-7-23(20)24)34(32-31-25)16-6-15-33(2)21-11-13-22(14-12-21)37-29(35)30(36,26-9-4-17-38-26)27-10-5-18-39-27/h4-5,9-10,17-19,21-22,36H,3,6-8,11-16H2,1-2H3/t21-,22-. The molecule has 3 heterocycles. The number of carbonyl (C=O) groups is 1. The number of aromatic nitrogens is 3. The molecule has 206 valence electrons. The van der Waals surface area contributed by atoms with Crippen LogP contribution in [0.5, 0.6) is 0 Å². The van der Waals surface area contributed by atoms with Gasteiger partial charge in [-0.1, -0.05) is 17.3 Å². The Morgan fingerprint density at radius 1 is 1.13 bits per heavy atom. The summed E-state index contributed by atoms with van der Waals surface area (Å²) in [4.78, 5) is 16.9. The summed E-state index contributed by atoms with van der Waals surface area (Å²) in [6, 6.07) is 9.97. The van der Waals surface area contributed by atoms with Crippen molar-refractivity contribution in [3.8, 4) is 0 Å². The molecule has 1 fully saturated rings. The molecule has 4 aromatic rings. The van der Waals surface area contributed by atoms with Crippen molar-refractivity contribution in [2.45, 2.75) is 82.6 Å². The molecule has 7 nitrogen and oxygen atoms in total. The number of aliphatic hydroxyl groups is 1. The summed E-state index contributed by atoms with van der Waals surface area (Å²) in [5.74, 6) is -0.564. The highest BCUT2D eigenvalue weighted by atomic mass is 32.1. The van der Waals surface area contributed by atoms with Gasteiger partial charge in [0.25, 0.3) is 0 Å². The minimum absolute atomic E-state index is 0.166. The molecule has 0 aliphatic heterocycles. The lowest BCUT2D eigenvalue weighted by Crippen LogP contribution is -2.42. The van der Waals surface area contributed by atoms with Crippen molar-refractivity contribution in [3.63, 3.8) is 0 Å². The molecule has 2 aliphatic carbocycles. The third-order valence-electron chi connectivity index (χ3n) is 8.57. The SMILES string of the molecule is Cc1cc2nnn(CCCN(C)[C@H]3CC[C@H](OC(=O)C(O)(c4cccs4)c4cccs4)CC3)c2c2c1CCC2. The summed E-state index contributed by atoms with van der Waals surface area (Å²) >= 11 is 2.75. The fraction of sp³-hybridized carbons (Fsp3) is 0.500. The molecule has 39 heavy (non-hydrogen) atoms. The topological polar surface area (TPSA) is 80.5 Å². The van der Waals surface area contributed by atoms with Crippen LogP contribution in [0.3, 0.4) is 0 Å². The number of hydrogen-bond donors (Lipinski definition) is 1. The minimum atomic E-state index is -1.74. The van der Waals surface area contributed by atoms with Gasteiger partial charge in [-0.2, -0.15) is 0 Å². The number of thiophene rings is 2. The minimum Gasteiger partial charge on any atom is -0.460 e. The lowest BCUT2D eigenvalue weighted by atomic mass is 9.91. The van der Waals surface area contributed by atoms with Crippen LogP contribution in [0.4, 0.5) is 0 Å². The van der Waals surface area contributed by atoms with Gasteiger partial charge in [-0.05, 0) is 118 Å². The van der Waals surface area contributed by atoms with Gasteiger partial charge < -0.3 is 14.7 Å². The average molecular weight is 565 g/mol. The second kappa shape index (κ2) is 11.1. The zero-order chi connectivity index (χ0) is 27.0. The van der Waals surface area contributed by atoms with E-state index in [1.54, 1.807) is 12.1 Å². The van der Waals surface area contributed by atoms with Gasteiger partial charge in [-0.3, -0.25) is 0 Å². The molecule has 0 spiro atoms. The Morgan fingerprint density at radius 3 is 2.49 bits per heavy atom. The highest BCUT2D eigenvalue weighted by molar-refractivity contribution is 7.12. The van der Waals surface area contributed by atoms with E-state index >= 15 is 0 Å². The van der Waals surface area contributed by atoms with Gasteiger partial charge in [0.15, 0.2) is 0 Å². The number of esters is 1. The van der Waals surface area contributed by atoms with Crippen LogP contribution in [-0.4, -0.2) is 56.7 Å². The fourth-order valence-electron chi connectivity index (χ4n) is 6.41. The van der Waals surface area contributed by atoms with Crippen molar-refractivity contribution in [2.75, 3.05) is 13.6 Å². The first-order chi connectivity index (χ1) is 18.9. The molecule has 0 unspecified atom stereocenters. The number of benzene rings is 1. The molecule has 1 N–H and O–H groups in total. The first-order valence-electron chi connectivity index (χ1n) is 14.0. The van der Waals surface area contributed by atoms with E-state index in [0.717, 1.165) is 57.1 Å². The van der Waals surface area contributed by atoms with E-state index in [1.807, 2.05) is 22.9 Å². The Kier molecular flexibility index (Phi) is 7.59. The zero-order valence-corrected chi connectivity index (χ0v) is 24.3. The van der Waals surface area contributed by atoms with Gasteiger partial charge in [0.05, 0.1) is 15.3 Å². The van der Waals surface area contributed by atoms with Gasteiger partial charge in [-0.25, -0.2) is 9.48 Å². The Morgan fingerprint density at radius 2 is 1.82 bits per heavy atom. The summed E-state index contributed by atoms with van der Waals surface area (Å²) in [5.41, 5.74) is 4.85. The predicted molar refractivity (Wildman–Crippen MR) is 155 cm³/mol. The van der Waals surface area contributed by atoms with Crippen molar-refractivity contribution in [1.29, 1.82) is 0 Å². The molecule has 0 amide bonds. The molecule has 2 aliphatic rings. The van der Waals surface area contributed by atoms with E-state index in [9.17, 15) is 9.90 Å². The normalized spacial score (nSPS) is 19.6. The molecule has 0 radical (unpaired) electrons. The monoisotopic (exact) mass is 564 g/mol. The Labute approximate surface area is 237 Å². The van der Waals surface area contributed by atoms with E-state index < -0.39 is 11.6 Å². The smallest absolute Gasteiger partial charge is 0.349 e. The van der Waals surface area contributed by atoms with Crippen molar-refractivity contribution in [1.82, 2.24) is 19.9 Å². The first kappa shape index (κ1) is 26.6. The molecule has 6 rings (SSSR count). The van der Waals surface area contributed by atoms with E-state index in [0.29, 0.717) is 15.8 Å². The van der Waals surface area contributed by atoms with Crippen molar-refractivity contribution in [3.05, 3.63) is 67.5 Å². The first-order valence-corrected chi connectivity index (χ1v) is 15.8. The second-order valence-electron chi connectivity index (χ2n) is 11.0. The number of carbonyl (C=O) groups excluding carboxylic acids is 1. The quantitative estimate of drug-likeness (QED) is 0.272.